The molecule has 0 saturated heterocycles. The van der Waals surface area contributed by atoms with Crippen LogP contribution >= 0.6 is 11.3 Å². The van der Waals surface area contributed by atoms with Gasteiger partial charge in [0, 0.05) is 33.1 Å². The van der Waals surface area contributed by atoms with Crippen LogP contribution in [0.5, 0.6) is 11.5 Å². The van der Waals surface area contributed by atoms with Crippen LogP contribution < -0.4 is 9.47 Å². The molecule has 0 aliphatic carbocycles. The molecule has 4 heteroatoms. The van der Waals surface area contributed by atoms with Crippen LogP contribution in [0.15, 0.2) is 42.6 Å². The zero-order valence-electron chi connectivity index (χ0n) is 11.7. The first-order valence-electron chi connectivity index (χ1n) is 6.63. The number of methoxy groups -OCH3 is 2. The van der Waals surface area contributed by atoms with Gasteiger partial charge in [-0.25, -0.2) is 0 Å². The fraction of sp³-hybridized carbons (Fsp3) is 0.118. The van der Waals surface area contributed by atoms with E-state index in [2.05, 4.69) is 23.2 Å². The van der Waals surface area contributed by atoms with E-state index >= 15 is 0 Å². The first-order chi connectivity index (χ1) is 10.3. The summed E-state index contributed by atoms with van der Waals surface area (Å²) in [6.07, 6.45) is 1.94. The van der Waals surface area contributed by atoms with Crippen molar-refractivity contribution in [2.75, 3.05) is 14.2 Å². The van der Waals surface area contributed by atoms with Crippen molar-refractivity contribution in [1.29, 1.82) is 0 Å². The molecule has 2 aromatic heterocycles. The minimum absolute atomic E-state index is 0.825. The van der Waals surface area contributed by atoms with E-state index in [1.165, 1.54) is 20.2 Å². The Labute approximate surface area is 125 Å². The lowest BCUT2D eigenvalue weighted by atomic mass is 10.1. The van der Waals surface area contributed by atoms with E-state index < -0.39 is 0 Å². The number of aromatic nitrogens is 1. The maximum Gasteiger partial charge on any atom is 0.121 e. The number of nitrogens with zero attached hydrogens (tertiary/aromatic N) is 1. The minimum Gasteiger partial charge on any atom is -0.497 e. The van der Waals surface area contributed by atoms with E-state index in [9.17, 15) is 0 Å². The Hall–Kier alpha value is -2.33. The molecule has 0 aliphatic heterocycles. The van der Waals surface area contributed by atoms with Crippen molar-refractivity contribution in [2.45, 2.75) is 0 Å². The number of fused-ring (bicyclic) bond motifs is 5. The van der Waals surface area contributed by atoms with Crippen LogP contribution in [-0.4, -0.2) is 19.2 Å². The molecule has 0 N–H and O–H groups in total. The Morgan fingerprint density at radius 2 is 1.62 bits per heavy atom. The molecule has 2 heterocycles. The molecule has 4 aromatic rings. The van der Waals surface area contributed by atoms with Gasteiger partial charge in [0.05, 0.1) is 24.4 Å². The van der Waals surface area contributed by atoms with Gasteiger partial charge >= 0.3 is 0 Å². The summed E-state index contributed by atoms with van der Waals surface area (Å²) in [5.41, 5.74) is 0.948. The first-order valence-corrected chi connectivity index (χ1v) is 7.45. The average molecular weight is 295 g/mol. The van der Waals surface area contributed by atoms with E-state index in [4.69, 9.17) is 9.47 Å². The third-order valence-corrected chi connectivity index (χ3v) is 4.82. The minimum atomic E-state index is 0.825. The van der Waals surface area contributed by atoms with Crippen molar-refractivity contribution >= 4 is 42.4 Å². The Morgan fingerprint density at radius 1 is 0.857 bits per heavy atom. The zero-order valence-corrected chi connectivity index (χ0v) is 12.5. The Morgan fingerprint density at radius 3 is 2.43 bits per heavy atom. The highest BCUT2D eigenvalue weighted by Gasteiger charge is 2.11. The summed E-state index contributed by atoms with van der Waals surface area (Å²) in [6.45, 7) is 0. The van der Waals surface area contributed by atoms with Gasteiger partial charge in [-0.3, -0.25) is 4.98 Å². The third kappa shape index (κ3) is 1.83. The lowest BCUT2D eigenvalue weighted by Gasteiger charge is -2.04. The second kappa shape index (κ2) is 4.60. The Kier molecular flexibility index (Phi) is 2.72. The van der Waals surface area contributed by atoms with Crippen LogP contribution in [0.25, 0.3) is 31.1 Å². The monoisotopic (exact) mass is 295 g/mol. The summed E-state index contributed by atoms with van der Waals surface area (Å²) < 4.78 is 13.1. The number of rotatable bonds is 2. The lowest BCUT2D eigenvalue weighted by Crippen LogP contribution is -1.85. The van der Waals surface area contributed by atoms with Gasteiger partial charge in [-0.15, -0.1) is 11.3 Å². The second-order valence-corrected chi connectivity index (χ2v) is 5.93. The van der Waals surface area contributed by atoms with Crippen LogP contribution in [0.4, 0.5) is 0 Å². The summed E-state index contributed by atoms with van der Waals surface area (Å²) in [5, 5.41) is 3.60. The Bertz CT molecular complexity index is 975. The van der Waals surface area contributed by atoms with Crippen molar-refractivity contribution in [3.8, 4) is 11.5 Å². The van der Waals surface area contributed by atoms with Gasteiger partial charge in [0.25, 0.3) is 0 Å². The maximum absolute atomic E-state index is 5.36. The smallest absolute Gasteiger partial charge is 0.121 e. The molecular weight excluding hydrogens is 282 g/mol. The van der Waals surface area contributed by atoms with Crippen molar-refractivity contribution in [3.63, 3.8) is 0 Å². The number of benzene rings is 2. The largest absolute Gasteiger partial charge is 0.497 e. The van der Waals surface area contributed by atoms with Crippen molar-refractivity contribution in [2.24, 2.45) is 0 Å². The molecule has 2 aromatic carbocycles. The zero-order chi connectivity index (χ0) is 14.4. The van der Waals surface area contributed by atoms with Gasteiger partial charge in [-0.1, -0.05) is 0 Å². The molecule has 21 heavy (non-hydrogen) atoms. The molecule has 0 radical (unpaired) electrons. The van der Waals surface area contributed by atoms with Gasteiger partial charge in [-0.2, -0.15) is 0 Å². The SMILES string of the molecule is COc1ccc2c(c1)ncc1sc3ccc(OC)cc3c12. The molecule has 0 fully saturated rings. The number of ether oxygens (including phenoxy) is 2. The van der Waals surface area contributed by atoms with Gasteiger partial charge in [0.1, 0.15) is 11.5 Å². The average Bonchev–Trinajstić information content (AvgIpc) is 2.92. The standard InChI is InChI=1S/C17H13NO2S/c1-19-10-4-6-15-13(7-10)17-12-5-3-11(20-2)8-14(12)18-9-16(17)21-15/h3-9H,1-2H3. The summed E-state index contributed by atoms with van der Waals surface area (Å²) in [5.74, 6) is 1.70. The molecular formula is C17H13NO2S. The molecule has 0 spiro atoms. The van der Waals surface area contributed by atoms with Gasteiger partial charge in [0.15, 0.2) is 0 Å². The van der Waals surface area contributed by atoms with Crippen molar-refractivity contribution in [3.05, 3.63) is 42.6 Å². The number of thiophene rings is 1. The number of hydrogen-bond acceptors (Lipinski definition) is 4. The quantitative estimate of drug-likeness (QED) is 0.540. The van der Waals surface area contributed by atoms with E-state index in [1.54, 1.807) is 25.6 Å². The lowest BCUT2D eigenvalue weighted by molar-refractivity contribution is 0.415. The fourth-order valence-corrected chi connectivity index (χ4v) is 3.75. The summed E-state index contributed by atoms with van der Waals surface area (Å²) in [6, 6.07) is 12.2. The summed E-state index contributed by atoms with van der Waals surface area (Å²) in [4.78, 5) is 4.55. The number of pyridine rings is 1. The molecule has 0 aliphatic rings. The number of hydrogen-bond donors (Lipinski definition) is 0. The van der Waals surface area contributed by atoms with Crippen LogP contribution in [-0.2, 0) is 0 Å². The van der Waals surface area contributed by atoms with E-state index in [0.29, 0.717) is 0 Å². The predicted octanol–water partition coefficient (Wildman–Crippen LogP) is 4.62. The molecule has 0 atom stereocenters. The van der Waals surface area contributed by atoms with Gasteiger partial charge in [0.2, 0.25) is 0 Å². The molecule has 4 rings (SSSR count). The maximum atomic E-state index is 5.36. The van der Waals surface area contributed by atoms with E-state index in [-0.39, 0.29) is 0 Å². The topological polar surface area (TPSA) is 31.4 Å². The summed E-state index contributed by atoms with van der Waals surface area (Å²) in [7, 11) is 3.37. The van der Waals surface area contributed by atoms with Crippen LogP contribution in [0.3, 0.4) is 0 Å². The highest BCUT2D eigenvalue weighted by atomic mass is 32.1. The third-order valence-electron chi connectivity index (χ3n) is 3.72. The molecule has 0 bridgehead atoms. The molecule has 3 nitrogen and oxygen atoms in total. The van der Waals surface area contributed by atoms with Crippen LogP contribution in [0.1, 0.15) is 0 Å². The van der Waals surface area contributed by atoms with E-state index in [1.807, 2.05) is 24.4 Å². The molecule has 0 saturated carbocycles. The highest BCUT2D eigenvalue weighted by Crippen LogP contribution is 2.39. The molecule has 104 valence electrons. The van der Waals surface area contributed by atoms with Crippen molar-refractivity contribution < 1.29 is 9.47 Å². The molecule has 0 unspecified atom stereocenters. The van der Waals surface area contributed by atoms with Gasteiger partial charge < -0.3 is 9.47 Å². The van der Waals surface area contributed by atoms with Crippen LogP contribution in [0, 0.1) is 0 Å². The van der Waals surface area contributed by atoms with Crippen molar-refractivity contribution in [1.82, 2.24) is 4.98 Å². The van der Waals surface area contributed by atoms with Crippen LogP contribution in [0.2, 0.25) is 0 Å². The normalized spacial score (nSPS) is 11.3. The second-order valence-electron chi connectivity index (χ2n) is 4.84. The highest BCUT2D eigenvalue weighted by molar-refractivity contribution is 7.26. The van der Waals surface area contributed by atoms with Gasteiger partial charge in [-0.05, 0) is 30.3 Å². The predicted molar refractivity (Wildman–Crippen MR) is 87.7 cm³/mol. The summed E-state index contributed by atoms with van der Waals surface area (Å²) >= 11 is 1.76. The van der Waals surface area contributed by atoms with E-state index in [0.717, 1.165) is 22.4 Å². The first kappa shape index (κ1) is 12.4. The Balaban J connectivity index is 2.16. The molecule has 0 amide bonds. The fourth-order valence-electron chi connectivity index (χ4n) is 2.68.